The van der Waals surface area contributed by atoms with E-state index in [2.05, 4.69) is 5.32 Å². The number of carboxylic acids is 1. The number of urea groups is 1. The Bertz CT molecular complexity index is 494. The van der Waals surface area contributed by atoms with Gasteiger partial charge in [-0.15, -0.1) is 0 Å². The molecule has 0 aliphatic heterocycles. The number of carboxylic acid groups (broad SMARTS) is 1. The van der Waals surface area contributed by atoms with Crippen LogP contribution in [0.25, 0.3) is 0 Å². The summed E-state index contributed by atoms with van der Waals surface area (Å²) in [7, 11) is 1.27. The van der Waals surface area contributed by atoms with Gasteiger partial charge in [-0.3, -0.25) is 0 Å². The van der Waals surface area contributed by atoms with Crippen LogP contribution in [-0.2, 0) is 4.79 Å². The maximum atomic E-state index is 13.3. The highest BCUT2D eigenvalue weighted by Crippen LogP contribution is 2.17. The Hall–Kier alpha value is -2.18. The van der Waals surface area contributed by atoms with E-state index >= 15 is 0 Å². The van der Waals surface area contributed by atoms with Crippen molar-refractivity contribution in [1.29, 1.82) is 0 Å². The molecular weight excluding hydrogens is 258 g/mol. The normalized spacial score (nSPS) is 11.8. The van der Waals surface area contributed by atoms with Crippen molar-refractivity contribution in [3.8, 4) is 0 Å². The van der Waals surface area contributed by atoms with Crippen molar-refractivity contribution in [3.05, 3.63) is 29.8 Å². The van der Waals surface area contributed by atoms with E-state index in [1.807, 2.05) is 0 Å². The second kappa shape index (κ2) is 6.12. The van der Waals surface area contributed by atoms with Gasteiger partial charge >= 0.3 is 12.0 Å². The summed E-state index contributed by atoms with van der Waals surface area (Å²) in [6.07, 6.45) is 0.199. The molecule has 2 N–H and O–H groups in total. The molecule has 0 aliphatic carbocycles. The molecule has 1 aromatic carbocycles. The Morgan fingerprint density at radius 2 is 2.05 bits per heavy atom. The number of hydrogen-bond acceptors (Lipinski definition) is 2. The zero-order valence-corrected chi connectivity index (χ0v) is 10.5. The lowest BCUT2D eigenvalue weighted by Gasteiger charge is -2.24. The number of benzene rings is 1. The molecule has 19 heavy (non-hydrogen) atoms. The van der Waals surface area contributed by atoms with E-state index in [9.17, 15) is 18.4 Å². The summed E-state index contributed by atoms with van der Waals surface area (Å²) in [6.45, 7) is 1.60. The molecule has 1 rings (SSSR count). The number of nitrogens with zero attached hydrogens (tertiary/aromatic N) is 1. The number of rotatable bonds is 4. The lowest BCUT2D eigenvalue weighted by atomic mass is 10.2. The van der Waals surface area contributed by atoms with Gasteiger partial charge in [-0.2, -0.15) is 0 Å². The maximum absolute atomic E-state index is 13.3. The average molecular weight is 272 g/mol. The quantitative estimate of drug-likeness (QED) is 0.883. The number of nitrogens with one attached hydrogen (secondary N) is 1. The third kappa shape index (κ3) is 3.40. The fourth-order valence-corrected chi connectivity index (χ4v) is 1.56. The highest BCUT2D eigenvalue weighted by Gasteiger charge is 2.25. The van der Waals surface area contributed by atoms with Crippen molar-refractivity contribution in [3.63, 3.8) is 0 Å². The first kappa shape index (κ1) is 14.9. The SMILES string of the molecule is CCC(C(=O)O)N(C)C(=O)Nc1cccc(F)c1F. The molecule has 0 bridgehead atoms. The van der Waals surface area contributed by atoms with Crippen molar-refractivity contribution in [2.75, 3.05) is 12.4 Å². The van der Waals surface area contributed by atoms with Crippen LogP contribution >= 0.6 is 0 Å². The molecule has 1 unspecified atom stereocenters. The van der Waals surface area contributed by atoms with E-state index < -0.39 is 29.7 Å². The number of likely N-dealkylation sites (N-methyl/N-ethyl adjacent to an activating group) is 1. The molecular formula is C12H14F2N2O3. The molecule has 7 heteroatoms. The molecule has 104 valence electrons. The number of anilines is 1. The Morgan fingerprint density at radius 1 is 1.42 bits per heavy atom. The Balaban J connectivity index is 2.85. The zero-order valence-electron chi connectivity index (χ0n) is 10.5. The van der Waals surface area contributed by atoms with Crippen LogP contribution in [0.5, 0.6) is 0 Å². The van der Waals surface area contributed by atoms with E-state index in [1.54, 1.807) is 6.92 Å². The number of carbonyl (C=O) groups excluding carboxylic acids is 1. The van der Waals surface area contributed by atoms with Gasteiger partial charge in [-0.1, -0.05) is 13.0 Å². The fourth-order valence-electron chi connectivity index (χ4n) is 1.56. The van der Waals surface area contributed by atoms with Gasteiger partial charge in [0, 0.05) is 7.05 Å². The van der Waals surface area contributed by atoms with Crippen LogP contribution in [0.4, 0.5) is 19.3 Å². The number of carbonyl (C=O) groups is 2. The summed E-state index contributed by atoms with van der Waals surface area (Å²) < 4.78 is 26.3. The van der Waals surface area contributed by atoms with E-state index in [4.69, 9.17) is 5.11 Å². The van der Waals surface area contributed by atoms with Crippen LogP contribution in [0.15, 0.2) is 18.2 Å². The minimum absolute atomic E-state index is 0.199. The molecule has 1 atom stereocenters. The third-order valence-electron chi connectivity index (χ3n) is 2.65. The number of hydrogen-bond donors (Lipinski definition) is 2. The first-order chi connectivity index (χ1) is 8.88. The first-order valence-electron chi connectivity index (χ1n) is 5.59. The number of amides is 2. The molecule has 2 amide bonds. The zero-order chi connectivity index (χ0) is 14.6. The molecule has 0 fully saturated rings. The second-order valence-corrected chi connectivity index (χ2v) is 3.90. The molecule has 0 saturated heterocycles. The van der Waals surface area contributed by atoms with E-state index in [0.29, 0.717) is 0 Å². The average Bonchev–Trinajstić information content (AvgIpc) is 2.35. The monoisotopic (exact) mass is 272 g/mol. The highest BCUT2D eigenvalue weighted by molar-refractivity contribution is 5.92. The fraction of sp³-hybridized carbons (Fsp3) is 0.333. The minimum Gasteiger partial charge on any atom is -0.480 e. The molecule has 0 radical (unpaired) electrons. The molecule has 0 heterocycles. The summed E-state index contributed by atoms with van der Waals surface area (Å²) in [4.78, 5) is 23.6. The largest absolute Gasteiger partial charge is 0.480 e. The Morgan fingerprint density at radius 3 is 2.58 bits per heavy atom. The lowest BCUT2D eigenvalue weighted by molar-refractivity contribution is -0.141. The van der Waals surface area contributed by atoms with Crippen molar-refractivity contribution in [2.24, 2.45) is 0 Å². The first-order valence-corrected chi connectivity index (χ1v) is 5.59. The molecule has 0 aliphatic rings. The van der Waals surface area contributed by atoms with Crippen molar-refractivity contribution in [2.45, 2.75) is 19.4 Å². The molecule has 0 aromatic heterocycles. The smallest absolute Gasteiger partial charge is 0.326 e. The summed E-state index contributed by atoms with van der Waals surface area (Å²) in [5, 5.41) is 11.0. The van der Waals surface area contributed by atoms with Crippen LogP contribution in [0.1, 0.15) is 13.3 Å². The summed E-state index contributed by atoms with van der Waals surface area (Å²) in [6, 6.07) is 1.49. The maximum Gasteiger partial charge on any atom is 0.326 e. The number of halogens is 2. The van der Waals surface area contributed by atoms with Gasteiger partial charge in [-0.25, -0.2) is 18.4 Å². The standard InChI is InChI=1S/C12H14F2N2O3/c1-3-9(11(17)18)16(2)12(19)15-8-6-4-5-7(13)10(8)14/h4-6,9H,3H2,1-2H3,(H,15,19)(H,17,18). The lowest BCUT2D eigenvalue weighted by Crippen LogP contribution is -2.44. The third-order valence-corrected chi connectivity index (χ3v) is 2.65. The van der Waals surface area contributed by atoms with Crippen LogP contribution < -0.4 is 5.32 Å². The molecule has 5 nitrogen and oxygen atoms in total. The van der Waals surface area contributed by atoms with Gasteiger partial charge in [0.2, 0.25) is 0 Å². The van der Waals surface area contributed by atoms with Crippen LogP contribution in [0.3, 0.4) is 0 Å². The van der Waals surface area contributed by atoms with Gasteiger partial charge in [0.25, 0.3) is 0 Å². The van der Waals surface area contributed by atoms with Crippen molar-refractivity contribution in [1.82, 2.24) is 4.90 Å². The van der Waals surface area contributed by atoms with Gasteiger partial charge < -0.3 is 15.3 Å². The molecule has 1 aromatic rings. The Labute approximate surface area is 108 Å². The predicted molar refractivity (Wildman–Crippen MR) is 64.9 cm³/mol. The Kier molecular flexibility index (Phi) is 4.80. The van der Waals surface area contributed by atoms with Crippen LogP contribution in [0.2, 0.25) is 0 Å². The highest BCUT2D eigenvalue weighted by atomic mass is 19.2. The van der Waals surface area contributed by atoms with E-state index in [0.717, 1.165) is 11.0 Å². The van der Waals surface area contributed by atoms with Crippen LogP contribution in [0, 0.1) is 11.6 Å². The van der Waals surface area contributed by atoms with Crippen LogP contribution in [-0.4, -0.2) is 35.1 Å². The summed E-state index contributed by atoms with van der Waals surface area (Å²) in [5.74, 6) is -3.45. The topological polar surface area (TPSA) is 69.6 Å². The number of aliphatic carboxylic acids is 1. The molecule has 0 saturated carbocycles. The van der Waals surface area contributed by atoms with Gasteiger partial charge in [0.15, 0.2) is 11.6 Å². The van der Waals surface area contributed by atoms with Gasteiger partial charge in [-0.05, 0) is 18.6 Å². The van der Waals surface area contributed by atoms with Gasteiger partial charge in [0.05, 0.1) is 5.69 Å². The summed E-state index contributed by atoms with van der Waals surface area (Å²) >= 11 is 0. The summed E-state index contributed by atoms with van der Waals surface area (Å²) in [5.41, 5.74) is -0.336. The van der Waals surface area contributed by atoms with Crippen molar-refractivity contribution >= 4 is 17.7 Å². The van der Waals surface area contributed by atoms with Crippen molar-refractivity contribution < 1.29 is 23.5 Å². The minimum atomic E-state index is -1.19. The van der Waals surface area contributed by atoms with E-state index in [-0.39, 0.29) is 12.1 Å². The van der Waals surface area contributed by atoms with Gasteiger partial charge in [0.1, 0.15) is 6.04 Å². The molecule has 0 spiro atoms. The predicted octanol–water partition coefficient (Wildman–Crippen LogP) is 2.29. The second-order valence-electron chi connectivity index (χ2n) is 3.90. The van der Waals surface area contributed by atoms with E-state index in [1.165, 1.54) is 19.2 Å².